The number of amides is 1. The van der Waals surface area contributed by atoms with Crippen LogP contribution < -0.4 is 10.6 Å². The van der Waals surface area contributed by atoms with Crippen molar-refractivity contribution in [3.63, 3.8) is 0 Å². The predicted molar refractivity (Wildman–Crippen MR) is 99.9 cm³/mol. The van der Waals surface area contributed by atoms with Crippen molar-refractivity contribution < 1.29 is 4.79 Å². The van der Waals surface area contributed by atoms with Crippen molar-refractivity contribution in [3.05, 3.63) is 72.2 Å². The highest BCUT2D eigenvalue weighted by molar-refractivity contribution is 6.00. The molecule has 0 saturated carbocycles. The molecule has 0 atom stereocenters. The number of aromatic nitrogens is 2. The highest BCUT2D eigenvalue weighted by Gasteiger charge is 2.19. The summed E-state index contributed by atoms with van der Waals surface area (Å²) in [5, 5.41) is 6.93. The van der Waals surface area contributed by atoms with Crippen LogP contribution in [0.4, 0.5) is 0 Å². The molecule has 0 fully saturated rings. The van der Waals surface area contributed by atoms with Crippen molar-refractivity contribution >= 4 is 22.5 Å². The molecule has 0 aliphatic carbocycles. The van der Waals surface area contributed by atoms with Crippen LogP contribution in [0.15, 0.2) is 55.5 Å². The van der Waals surface area contributed by atoms with Crippen molar-refractivity contribution in [2.75, 3.05) is 7.05 Å². The zero-order valence-electron chi connectivity index (χ0n) is 13.9. The molecule has 3 N–H and O–H groups in total. The number of rotatable bonds is 4. The van der Waals surface area contributed by atoms with Gasteiger partial charge in [0.1, 0.15) is 5.65 Å². The Morgan fingerprint density at radius 3 is 3.00 bits per heavy atom. The van der Waals surface area contributed by atoms with Gasteiger partial charge in [0.25, 0.3) is 5.91 Å². The monoisotopic (exact) mass is 330 g/mol. The van der Waals surface area contributed by atoms with Crippen LogP contribution in [0.25, 0.3) is 27.7 Å². The van der Waals surface area contributed by atoms with Crippen molar-refractivity contribution in [2.24, 2.45) is 0 Å². The minimum Gasteiger partial charge on any atom is -0.393 e. The Balaban J connectivity index is 1.84. The van der Waals surface area contributed by atoms with Crippen LogP contribution in [0.1, 0.15) is 21.5 Å². The Morgan fingerprint density at radius 1 is 1.32 bits per heavy atom. The second-order valence-corrected chi connectivity index (χ2v) is 5.97. The molecular weight excluding hydrogens is 312 g/mol. The highest BCUT2D eigenvalue weighted by Crippen LogP contribution is 2.32. The summed E-state index contributed by atoms with van der Waals surface area (Å²) in [4.78, 5) is 19.5. The summed E-state index contributed by atoms with van der Waals surface area (Å²) in [5.41, 5.74) is 6.73. The number of H-pyrrole nitrogens is 1. The first-order chi connectivity index (χ1) is 12.2. The zero-order valence-corrected chi connectivity index (χ0v) is 13.9. The molecule has 0 bridgehead atoms. The van der Waals surface area contributed by atoms with Crippen molar-refractivity contribution in [1.29, 1.82) is 0 Å². The van der Waals surface area contributed by atoms with E-state index in [4.69, 9.17) is 0 Å². The molecule has 0 spiro atoms. The first kappa shape index (κ1) is 15.2. The number of nitrogens with zero attached hydrogens (tertiary/aromatic N) is 1. The van der Waals surface area contributed by atoms with Gasteiger partial charge >= 0.3 is 0 Å². The smallest absolute Gasteiger partial charge is 0.251 e. The standard InChI is InChI=1S/C20H18N4O/c1-3-12(8-21-2)14-7-17-18(11-23-19(17)22-9-14)13-4-5-16-15(6-13)10-24-20(16)25/h3-9,11,21H,1,10H2,2H3,(H,22,23)(H,24,25)/b12-8+. The number of benzene rings is 1. The van der Waals surface area contributed by atoms with Gasteiger partial charge in [-0.05, 0) is 34.9 Å². The summed E-state index contributed by atoms with van der Waals surface area (Å²) in [6.07, 6.45) is 7.49. The summed E-state index contributed by atoms with van der Waals surface area (Å²) in [7, 11) is 1.86. The van der Waals surface area contributed by atoms with Gasteiger partial charge in [-0.15, -0.1) is 0 Å². The van der Waals surface area contributed by atoms with Crippen LogP contribution in [0.2, 0.25) is 0 Å². The quantitative estimate of drug-likeness (QED) is 0.643. The van der Waals surface area contributed by atoms with Gasteiger partial charge in [0.15, 0.2) is 0 Å². The molecule has 0 saturated heterocycles. The third kappa shape index (κ3) is 2.50. The number of hydrogen-bond acceptors (Lipinski definition) is 3. The van der Waals surface area contributed by atoms with E-state index in [1.807, 2.05) is 37.8 Å². The summed E-state index contributed by atoms with van der Waals surface area (Å²) < 4.78 is 0. The lowest BCUT2D eigenvalue weighted by Crippen LogP contribution is -2.12. The first-order valence-electron chi connectivity index (χ1n) is 8.10. The molecule has 3 heterocycles. The largest absolute Gasteiger partial charge is 0.393 e. The average molecular weight is 330 g/mol. The Labute approximate surface area is 145 Å². The lowest BCUT2D eigenvalue weighted by atomic mass is 9.99. The minimum absolute atomic E-state index is 0.00254. The van der Waals surface area contributed by atoms with Crippen molar-refractivity contribution in [2.45, 2.75) is 6.54 Å². The summed E-state index contributed by atoms with van der Waals surface area (Å²) >= 11 is 0. The number of aromatic amines is 1. The lowest BCUT2D eigenvalue weighted by molar-refractivity contribution is 0.0966. The number of carbonyl (C=O) groups is 1. The summed E-state index contributed by atoms with van der Waals surface area (Å²) in [5.74, 6) is -0.00254. The predicted octanol–water partition coefficient (Wildman–Crippen LogP) is 3.22. The van der Waals surface area contributed by atoms with Crippen LogP contribution in [0, 0.1) is 0 Å². The van der Waals surface area contributed by atoms with E-state index in [9.17, 15) is 4.79 Å². The normalized spacial score (nSPS) is 13.6. The maximum absolute atomic E-state index is 11.7. The molecular formula is C20H18N4O. The molecule has 2 aromatic heterocycles. The third-order valence-electron chi connectivity index (χ3n) is 4.48. The fourth-order valence-corrected chi connectivity index (χ4v) is 3.22. The number of pyridine rings is 1. The maximum Gasteiger partial charge on any atom is 0.251 e. The van der Waals surface area contributed by atoms with Crippen molar-refractivity contribution in [1.82, 2.24) is 20.6 Å². The van der Waals surface area contributed by atoms with Crippen LogP contribution in [-0.2, 0) is 6.54 Å². The van der Waals surface area contributed by atoms with E-state index in [1.54, 1.807) is 6.08 Å². The third-order valence-corrected chi connectivity index (χ3v) is 4.48. The molecule has 1 aliphatic rings. The number of carbonyl (C=O) groups excluding carboxylic acids is 1. The number of hydrogen-bond donors (Lipinski definition) is 3. The minimum atomic E-state index is -0.00254. The molecule has 25 heavy (non-hydrogen) atoms. The molecule has 5 heteroatoms. The maximum atomic E-state index is 11.7. The average Bonchev–Trinajstić information content (AvgIpc) is 3.22. The number of nitrogens with one attached hydrogen (secondary N) is 3. The van der Waals surface area contributed by atoms with E-state index >= 15 is 0 Å². The zero-order chi connectivity index (χ0) is 17.4. The number of fused-ring (bicyclic) bond motifs is 2. The van der Waals surface area contributed by atoms with Crippen molar-refractivity contribution in [3.8, 4) is 11.1 Å². The molecule has 5 nitrogen and oxygen atoms in total. The molecule has 1 aliphatic heterocycles. The number of allylic oxidation sites excluding steroid dienone is 2. The Kier molecular flexibility index (Phi) is 3.61. The molecule has 1 aromatic carbocycles. The van der Waals surface area contributed by atoms with Crippen LogP contribution >= 0.6 is 0 Å². The molecule has 4 rings (SSSR count). The van der Waals surface area contributed by atoms with Gasteiger partial charge in [-0.3, -0.25) is 4.79 Å². The lowest BCUT2D eigenvalue weighted by Gasteiger charge is -2.05. The first-order valence-corrected chi connectivity index (χ1v) is 8.10. The van der Waals surface area contributed by atoms with Crippen LogP contribution in [0.5, 0.6) is 0 Å². The topological polar surface area (TPSA) is 69.8 Å². The SMILES string of the molecule is C=C/C(=C\NC)c1cnc2[nH]cc(-c3ccc4c(c3)CNC4=O)c2c1. The molecule has 3 aromatic rings. The van der Waals surface area contributed by atoms with Gasteiger partial charge in [-0.25, -0.2) is 4.98 Å². The molecule has 124 valence electrons. The summed E-state index contributed by atoms with van der Waals surface area (Å²) in [6.45, 7) is 4.45. The fraction of sp³-hybridized carbons (Fsp3) is 0.100. The van der Waals surface area contributed by atoms with Crippen LogP contribution in [0.3, 0.4) is 0 Å². The molecule has 0 radical (unpaired) electrons. The Hall–Kier alpha value is -3.34. The van der Waals surface area contributed by atoms with E-state index in [-0.39, 0.29) is 5.91 Å². The van der Waals surface area contributed by atoms with Gasteiger partial charge in [0.05, 0.1) is 0 Å². The molecule has 1 amide bonds. The van der Waals surface area contributed by atoms with E-state index in [1.165, 1.54) is 0 Å². The van der Waals surface area contributed by atoms with E-state index < -0.39 is 0 Å². The van der Waals surface area contributed by atoms with E-state index in [0.29, 0.717) is 6.54 Å². The van der Waals surface area contributed by atoms with Gasteiger partial charge < -0.3 is 15.6 Å². The Bertz CT molecular complexity index is 1030. The van der Waals surface area contributed by atoms with Crippen LogP contribution in [-0.4, -0.2) is 22.9 Å². The van der Waals surface area contributed by atoms with Gasteiger partial charge in [0, 0.05) is 54.3 Å². The van der Waals surface area contributed by atoms with E-state index in [0.717, 1.165) is 44.4 Å². The second kappa shape index (κ2) is 5.94. The van der Waals surface area contributed by atoms with Gasteiger partial charge in [-0.1, -0.05) is 18.7 Å². The van der Waals surface area contributed by atoms with Gasteiger partial charge in [0.2, 0.25) is 0 Å². The molecule has 0 unspecified atom stereocenters. The summed E-state index contributed by atoms with van der Waals surface area (Å²) in [6, 6.07) is 8.05. The van der Waals surface area contributed by atoms with Gasteiger partial charge in [-0.2, -0.15) is 0 Å². The second-order valence-electron chi connectivity index (χ2n) is 5.97. The fourth-order valence-electron chi connectivity index (χ4n) is 3.22. The highest BCUT2D eigenvalue weighted by atomic mass is 16.1. The van der Waals surface area contributed by atoms with E-state index in [2.05, 4.69) is 39.3 Å². The Morgan fingerprint density at radius 2 is 2.20 bits per heavy atom.